The topological polar surface area (TPSA) is 49.3 Å². The molecule has 0 aliphatic carbocycles. The van der Waals surface area contributed by atoms with Gasteiger partial charge in [-0.1, -0.05) is 27.4 Å². The Hall–Kier alpha value is -0.830. The SMILES string of the molecule is C=C(CNC(C)C(C)(C)C)C(=O)O. The second-order valence-corrected chi connectivity index (χ2v) is 4.38. The Kier molecular flexibility index (Phi) is 4.14. The van der Waals surface area contributed by atoms with Gasteiger partial charge in [0.2, 0.25) is 0 Å². The van der Waals surface area contributed by atoms with Crippen molar-refractivity contribution >= 4 is 5.97 Å². The van der Waals surface area contributed by atoms with Gasteiger partial charge in [-0.3, -0.25) is 0 Å². The Morgan fingerprint density at radius 1 is 1.54 bits per heavy atom. The number of carboxylic acids is 1. The van der Waals surface area contributed by atoms with Crippen LogP contribution in [0.1, 0.15) is 27.7 Å². The molecule has 2 N–H and O–H groups in total. The van der Waals surface area contributed by atoms with Gasteiger partial charge < -0.3 is 10.4 Å². The molecule has 0 radical (unpaired) electrons. The highest BCUT2D eigenvalue weighted by Crippen LogP contribution is 2.18. The fourth-order valence-corrected chi connectivity index (χ4v) is 0.658. The molecule has 0 aromatic heterocycles. The zero-order chi connectivity index (χ0) is 10.6. The molecule has 1 atom stereocenters. The van der Waals surface area contributed by atoms with E-state index in [1.165, 1.54) is 0 Å². The fourth-order valence-electron chi connectivity index (χ4n) is 0.658. The first kappa shape index (κ1) is 12.2. The van der Waals surface area contributed by atoms with Crippen LogP contribution >= 0.6 is 0 Å². The van der Waals surface area contributed by atoms with Gasteiger partial charge in [0.25, 0.3) is 0 Å². The van der Waals surface area contributed by atoms with E-state index in [4.69, 9.17) is 5.11 Å². The van der Waals surface area contributed by atoms with Crippen LogP contribution in [-0.2, 0) is 4.79 Å². The minimum Gasteiger partial charge on any atom is -0.478 e. The van der Waals surface area contributed by atoms with E-state index in [1.807, 2.05) is 6.92 Å². The van der Waals surface area contributed by atoms with Crippen LogP contribution in [0.2, 0.25) is 0 Å². The van der Waals surface area contributed by atoms with Crippen LogP contribution in [0.15, 0.2) is 12.2 Å². The lowest BCUT2D eigenvalue weighted by molar-refractivity contribution is -0.132. The fraction of sp³-hybridized carbons (Fsp3) is 0.700. The molecule has 0 rings (SSSR count). The van der Waals surface area contributed by atoms with Crippen molar-refractivity contribution in [3.63, 3.8) is 0 Å². The number of rotatable bonds is 4. The third-order valence-corrected chi connectivity index (χ3v) is 2.22. The highest BCUT2D eigenvalue weighted by molar-refractivity contribution is 5.86. The maximum absolute atomic E-state index is 10.4. The lowest BCUT2D eigenvalue weighted by atomic mass is 9.88. The predicted molar refractivity (Wildman–Crippen MR) is 53.7 cm³/mol. The minimum atomic E-state index is -0.936. The second-order valence-electron chi connectivity index (χ2n) is 4.38. The van der Waals surface area contributed by atoms with Gasteiger partial charge in [0.05, 0.1) is 0 Å². The van der Waals surface area contributed by atoms with Crippen LogP contribution in [-0.4, -0.2) is 23.7 Å². The first-order valence-corrected chi connectivity index (χ1v) is 4.39. The standard InChI is InChI=1S/C10H19NO2/c1-7(9(12)13)6-11-8(2)10(3,4)5/h8,11H,1,6H2,2-5H3,(H,12,13). The van der Waals surface area contributed by atoms with Crippen molar-refractivity contribution in [2.75, 3.05) is 6.54 Å². The van der Waals surface area contributed by atoms with Crippen LogP contribution in [0.25, 0.3) is 0 Å². The molecule has 0 saturated carbocycles. The average Bonchev–Trinajstić information content (AvgIpc) is 1.97. The molecular weight excluding hydrogens is 166 g/mol. The van der Waals surface area contributed by atoms with E-state index < -0.39 is 5.97 Å². The molecular formula is C10H19NO2. The monoisotopic (exact) mass is 185 g/mol. The number of hydrogen-bond donors (Lipinski definition) is 2. The quantitative estimate of drug-likeness (QED) is 0.655. The van der Waals surface area contributed by atoms with E-state index in [0.29, 0.717) is 6.54 Å². The Labute approximate surface area is 79.8 Å². The van der Waals surface area contributed by atoms with Crippen molar-refractivity contribution in [1.82, 2.24) is 5.32 Å². The van der Waals surface area contributed by atoms with Crippen LogP contribution in [0, 0.1) is 5.41 Å². The lowest BCUT2D eigenvalue weighted by Crippen LogP contribution is -2.39. The summed E-state index contributed by atoms with van der Waals surface area (Å²) in [5.74, 6) is -0.936. The summed E-state index contributed by atoms with van der Waals surface area (Å²) in [7, 11) is 0. The van der Waals surface area contributed by atoms with E-state index in [0.717, 1.165) is 0 Å². The Balaban J connectivity index is 3.91. The van der Waals surface area contributed by atoms with Crippen LogP contribution in [0.5, 0.6) is 0 Å². The van der Waals surface area contributed by atoms with E-state index in [1.54, 1.807) is 0 Å². The van der Waals surface area contributed by atoms with Crippen LogP contribution < -0.4 is 5.32 Å². The number of nitrogens with one attached hydrogen (secondary N) is 1. The van der Waals surface area contributed by atoms with Gasteiger partial charge in [-0.2, -0.15) is 0 Å². The average molecular weight is 185 g/mol. The van der Waals surface area contributed by atoms with E-state index in [9.17, 15) is 4.79 Å². The molecule has 0 spiro atoms. The van der Waals surface area contributed by atoms with Gasteiger partial charge in [-0.25, -0.2) is 4.79 Å². The molecule has 3 nitrogen and oxygen atoms in total. The van der Waals surface area contributed by atoms with Gasteiger partial charge >= 0.3 is 5.97 Å². The molecule has 0 fully saturated rings. The van der Waals surface area contributed by atoms with E-state index >= 15 is 0 Å². The van der Waals surface area contributed by atoms with Crippen molar-refractivity contribution in [3.05, 3.63) is 12.2 Å². The lowest BCUT2D eigenvalue weighted by Gasteiger charge is -2.28. The molecule has 1 unspecified atom stereocenters. The third kappa shape index (κ3) is 4.68. The van der Waals surface area contributed by atoms with E-state index in [-0.39, 0.29) is 17.0 Å². The van der Waals surface area contributed by atoms with Gasteiger partial charge in [0.15, 0.2) is 0 Å². The molecule has 0 bridgehead atoms. The van der Waals surface area contributed by atoms with Crippen molar-refractivity contribution in [3.8, 4) is 0 Å². The number of aliphatic carboxylic acids is 1. The molecule has 76 valence electrons. The first-order valence-electron chi connectivity index (χ1n) is 4.39. The second kappa shape index (κ2) is 4.42. The minimum absolute atomic E-state index is 0.138. The normalized spacial score (nSPS) is 13.8. The summed E-state index contributed by atoms with van der Waals surface area (Å²) in [6.45, 7) is 12.1. The smallest absolute Gasteiger partial charge is 0.332 e. The molecule has 0 aromatic rings. The van der Waals surface area contributed by atoms with Crippen molar-refractivity contribution in [1.29, 1.82) is 0 Å². The summed E-state index contributed by atoms with van der Waals surface area (Å²) < 4.78 is 0. The van der Waals surface area contributed by atoms with Gasteiger partial charge in [0.1, 0.15) is 0 Å². The Bertz CT molecular complexity index is 203. The predicted octanol–water partition coefficient (Wildman–Crippen LogP) is 1.65. The summed E-state index contributed by atoms with van der Waals surface area (Å²) >= 11 is 0. The Morgan fingerprint density at radius 3 is 2.31 bits per heavy atom. The third-order valence-electron chi connectivity index (χ3n) is 2.22. The first-order chi connectivity index (χ1) is 5.75. The summed E-state index contributed by atoms with van der Waals surface area (Å²) in [4.78, 5) is 10.4. The maximum atomic E-state index is 10.4. The van der Waals surface area contributed by atoms with Crippen molar-refractivity contribution in [2.24, 2.45) is 5.41 Å². The van der Waals surface area contributed by atoms with Crippen molar-refractivity contribution < 1.29 is 9.90 Å². The van der Waals surface area contributed by atoms with Gasteiger partial charge in [0, 0.05) is 18.2 Å². The number of hydrogen-bond acceptors (Lipinski definition) is 2. The number of carboxylic acid groups (broad SMARTS) is 1. The molecule has 0 aliphatic heterocycles. The van der Waals surface area contributed by atoms with Crippen LogP contribution in [0.4, 0.5) is 0 Å². The molecule has 0 saturated heterocycles. The summed E-state index contributed by atoms with van der Waals surface area (Å²) in [5.41, 5.74) is 0.342. The molecule has 0 aliphatic rings. The zero-order valence-electron chi connectivity index (χ0n) is 8.85. The zero-order valence-corrected chi connectivity index (χ0v) is 8.85. The highest BCUT2D eigenvalue weighted by Gasteiger charge is 2.19. The van der Waals surface area contributed by atoms with E-state index in [2.05, 4.69) is 32.7 Å². The Morgan fingerprint density at radius 2 is 2.00 bits per heavy atom. The van der Waals surface area contributed by atoms with Gasteiger partial charge in [-0.15, -0.1) is 0 Å². The summed E-state index contributed by atoms with van der Waals surface area (Å²) in [5, 5.41) is 11.7. The molecule has 13 heavy (non-hydrogen) atoms. The van der Waals surface area contributed by atoms with Crippen molar-refractivity contribution in [2.45, 2.75) is 33.7 Å². The number of carbonyl (C=O) groups is 1. The summed E-state index contributed by atoms with van der Waals surface area (Å²) in [6.07, 6.45) is 0. The largest absolute Gasteiger partial charge is 0.478 e. The molecule has 3 heteroatoms. The molecule has 0 amide bonds. The molecule has 0 heterocycles. The maximum Gasteiger partial charge on any atom is 0.332 e. The summed E-state index contributed by atoms with van der Waals surface area (Å²) in [6, 6.07) is 0.267. The van der Waals surface area contributed by atoms with Gasteiger partial charge in [-0.05, 0) is 12.3 Å². The van der Waals surface area contributed by atoms with Crippen LogP contribution in [0.3, 0.4) is 0 Å². The molecule has 0 aromatic carbocycles. The highest BCUT2D eigenvalue weighted by atomic mass is 16.4.